The third-order valence-electron chi connectivity index (χ3n) is 4.87. The molecule has 1 N–H and O–H groups in total. The molecule has 1 fully saturated rings. The van der Waals surface area contributed by atoms with Crippen LogP contribution in [0, 0.1) is 4.77 Å². The van der Waals surface area contributed by atoms with Crippen molar-refractivity contribution >= 4 is 29.0 Å². The number of H-pyrrole nitrogens is 1. The van der Waals surface area contributed by atoms with Crippen molar-refractivity contribution in [1.29, 1.82) is 0 Å². The van der Waals surface area contributed by atoms with Crippen molar-refractivity contribution in [3.05, 3.63) is 74.8 Å². The number of carbonyl (C=O) groups is 1. The summed E-state index contributed by atoms with van der Waals surface area (Å²) in [5, 5.41) is 0.506. The van der Waals surface area contributed by atoms with Crippen LogP contribution in [0.15, 0.2) is 53.3 Å². The largest absolute Gasteiger partial charge is 0.370 e. The van der Waals surface area contributed by atoms with Gasteiger partial charge in [-0.2, -0.15) is 0 Å². The predicted octanol–water partition coefficient (Wildman–Crippen LogP) is 2.81. The van der Waals surface area contributed by atoms with Gasteiger partial charge in [0.25, 0.3) is 11.5 Å². The number of aromatic nitrogens is 2. The molecule has 4 rings (SSSR count). The summed E-state index contributed by atoms with van der Waals surface area (Å²) in [6.07, 6.45) is -0.137. The molecule has 2 aromatic carbocycles. The topological polar surface area (TPSA) is 67.3 Å². The smallest absolute Gasteiger partial charge is 0.261 e. The number of ether oxygens (including phenoxy) is 1. The van der Waals surface area contributed by atoms with Crippen LogP contribution in [-0.2, 0) is 11.8 Å². The molecule has 0 spiro atoms. The lowest BCUT2D eigenvalue weighted by Gasteiger charge is -2.33. The molecule has 0 bridgehead atoms. The van der Waals surface area contributed by atoms with Crippen LogP contribution in [0.4, 0.5) is 0 Å². The number of benzene rings is 2. The van der Waals surface area contributed by atoms with Gasteiger partial charge < -0.3 is 14.6 Å². The fourth-order valence-electron chi connectivity index (χ4n) is 3.32. The lowest BCUT2D eigenvalue weighted by Crippen LogP contribution is -2.42. The van der Waals surface area contributed by atoms with Crippen LogP contribution in [0.25, 0.3) is 10.9 Å². The van der Waals surface area contributed by atoms with Crippen molar-refractivity contribution in [1.82, 2.24) is 14.5 Å². The summed E-state index contributed by atoms with van der Waals surface area (Å²) in [6, 6.07) is 15.0. The molecule has 2 heterocycles. The Morgan fingerprint density at radius 2 is 2.00 bits per heavy atom. The first kappa shape index (κ1) is 17.6. The van der Waals surface area contributed by atoms with E-state index in [9.17, 15) is 9.59 Å². The summed E-state index contributed by atoms with van der Waals surface area (Å²) in [5.74, 6) is -0.0823. The fraction of sp³-hybridized carbons (Fsp3) is 0.250. The first-order valence-corrected chi connectivity index (χ1v) is 9.14. The predicted molar refractivity (Wildman–Crippen MR) is 105 cm³/mol. The van der Waals surface area contributed by atoms with Crippen LogP contribution in [0.3, 0.4) is 0 Å². The van der Waals surface area contributed by atoms with Crippen molar-refractivity contribution in [2.75, 3.05) is 19.7 Å². The minimum Gasteiger partial charge on any atom is -0.370 e. The van der Waals surface area contributed by atoms with Crippen LogP contribution in [0.1, 0.15) is 22.0 Å². The Balaban J connectivity index is 1.63. The molecule has 6 nitrogen and oxygen atoms in total. The van der Waals surface area contributed by atoms with Gasteiger partial charge in [-0.15, -0.1) is 0 Å². The van der Waals surface area contributed by atoms with E-state index in [0.717, 1.165) is 5.56 Å². The van der Waals surface area contributed by atoms with E-state index < -0.39 is 0 Å². The summed E-state index contributed by atoms with van der Waals surface area (Å²) in [4.78, 5) is 30.1. The third-order valence-corrected chi connectivity index (χ3v) is 5.25. The highest BCUT2D eigenvalue weighted by molar-refractivity contribution is 7.71. The van der Waals surface area contributed by atoms with E-state index in [-0.39, 0.29) is 17.6 Å². The Hall–Kier alpha value is -2.77. The monoisotopic (exact) mass is 381 g/mol. The molecule has 1 amide bonds. The summed E-state index contributed by atoms with van der Waals surface area (Å²) in [5.41, 5.74) is 1.97. The average molecular weight is 381 g/mol. The Kier molecular flexibility index (Phi) is 4.63. The molecule has 1 aliphatic heterocycles. The summed E-state index contributed by atoms with van der Waals surface area (Å²) in [7, 11) is 1.62. The molecular weight excluding hydrogens is 362 g/mol. The summed E-state index contributed by atoms with van der Waals surface area (Å²) in [6.45, 7) is 1.52. The highest BCUT2D eigenvalue weighted by Crippen LogP contribution is 2.23. The standard InChI is InChI=1S/C20H19N3O3S/c1-22-19(25)15-8-7-14(11-16(15)21-20(22)27)18(24)23-9-10-26-17(12-23)13-5-3-2-4-6-13/h2-8,11,17H,9-10,12H2,1H3,(H,21,27). The van der Waals surface area contributed by atoms with Crippen LogP contribution in [0.5, 0.6) is 0 Å². The van der Waals surface area contributed by atoms with Crippen molar-refractivity contribution in [2.24, 2.45) is 7.05 Å². The maximum absolute atomic E-state index is 13.0. The molecule has 1 saturated heterocycles. The zero-order valence-electron chi connectivity index (χ0n) is 14.8. The van der Waals surface area contributed by atoms with Gasteiger partial charge in [0.05, 0.1) is 24.1 Å². The van der Waals surface area contributed by atoms with Gasteiger partial charge in [-0.1, -0.05) is 30.3 Å². The number of morpholine rings is 1. The zero-order valence-corrected chi connectivity index (χ0v) is 15.7. The maximum atomic E-state index is 13.0. The van der Waals surface area contributed by atoms with E-state index in [4.69, 9.17) is 17.0 Å². The number of rotatable bonds is 2. The summed E-state index contributed by atoms with van der Waals surface area (Å²) >= 11 is 5.17. The highest BCUT2D eigenvalue weighted by atomic mass is 32.1. The molecule has 1 atom stereocenters. The Morgan fingerprint density at radius 3 is 2.78 bits per heavy atom. The maximum Gasteiger partial charge on any atom is 0.261 e. The molecular formula is C20H19N3O3S. The van der Waals surface area contributed by atoms with E-state index in [1.807, 2.05) is 30.3 Å². The quantitative estimate of drug-likeness (QED) is 0.693. The molecule has 1 unspecified atom stereocenters. The van der Waals surface area contributed by atoms with Crippen molar-refractivity contribution in [3.8, 4) is 0 Å². The van der Waals surface area contributed by atoms with Gasteiger partial charge in [-0.25, -0.2) is 0 Å². The number of fused-ring (bicyclic) bond motifs is 1. The number of aromatic amines is 1. The number of hydrogen-bond donors (Lipinski definition) is 1. The van der Waals surface area contributed by atoms with Crippen molar-refractivity contribution in [3.63, 3.8) is 0 Å². The minimum atomic E-state index is -0.178. The number of amides is 1. The number of nitrogens with zero attached hydrogens (tertiary/aromatic N) is 2. The zero-order chi connectivity index (χ0) is 19.0. The van der Waals surface area contributed by atoms with E-state index in [1.165, 1.54) is 4.57 Å². The van der Waals surface area contributed by atoms with Gasteiger partial charge in [0, 0.05) is 19.2 Å². The molecule has 0 radical (unpaired) electrons. The van der Waals surface area contributed by atoms with Gasteiger partial charge in [0.1, 0.15) is 6.10 Å². The number of carbonyl (C=O) groups excluding carboxylic acids is 1. The first-order valence-electron chi connectivity index (χ1n) is 8.73. The van der Waals surface area contributed by atoms with Gasteiger partial charge >= 0.3 is 0 Å². The van der Waals surface area contributed by atoms with Gasteiger partial charge in [-0.3, -0.25) is 14.2 Å². The minimum absolute atomic E-state index is 0.0823. The van der Waals surface area contributed by atoms with Gasteiger partial charge in [0.2, 0.25) is 0 Å². The molecule has 1 aliphatic rings. The van der Waals surface area contributed by atoms with Crippen molar-refractivity contribution in [2.45, 2.75) is 6.10 Å². The lowest BCUT2D eigenvalue weighted by atomic mass is 10.1. The highest BCUT2D eigenvalue weighted by Gasteiger charge is 2.26. The Morgan fingerprint density at radius 1 is 1.22 bits per heavy atom. The SMILES string of the molecule is Cn1c(=S)[nH]c2cc(C(=O)N3CCOC(c4ccccc4)C3)ccc2c1=O. The average Bonchev–Trinajstić information content (AvgIpc) is 2.72. The first-order chi connectivity index (χ1) is 13.0. The molecule has 0 aliphatic carbocycles. The van der Waals surface area contributed by atoms with Crippen LogP contribution < -0.4 is 5.56 Å². The third kappa shape index (κ3) is 3.31. The molecule has 0 saturated carbocycles. The second kappa shape index (κ2) is 7.09. The normalized spacial score (nSPS) is 17.2. The Bertz CT molecular complexity index is 1120. The Labute approximate surface area is 161 Å². The number of hydrogen-bond acceptors (Lipinski definition) is 4. The van der Waals surface area contributed by atoms with E-state index in [1.54, 1.807) is 30.1 Å². The van der Waals surface area contributed by atoms with Crippen LogP contribution in [0.2, 0.25) is 0 Å². The second-order valence-corrected chi connectivity index (χ2v) is 6.96. The van der Waals surface area contributed by atoms with Crippen LogP contribution in [-0.4, -0.2) is 40.1 Å². The van der Waals surface area contributed by atoms with Gasteiger partial charge in [-0.05, 0) is 36.0 Å². The molecule has 1 aromatic heterocycles. The van der Waals surface area contributed by atoms with E-state index >= 15 is 0 Å². The van der Waals surface area contributed by atoms with E-state index in [0.29, 0.717) is 40.9 Å². The van der Waals surface area contributed by atoms with E-state index in [2.05, 4.69) is 4.98 Å². The molecule has 27 heavy (non-hydrogen) atoms. The molecule has 7 heteroatoms. The summed E-state index contributed by atoms with van der Waals surface area (Å²) < 4.78 is 7.54. The second-order valence-electron chi connectivity index (χ2n) is 6.58. The molecule has 138 valence electrons. The van der Waals surface area contributed by atoms with Crippen LogP contribution >= 0.6 is 12.2 Å². The lowest BCUT2D eigenvalue weighted by molar-refractivity contribution is -0.0228. The van der Waals surface area contributed by atoms with Crippen molar-refractivity contribution < 1.29 is 9.53 Å². The number of nitrogens with one attached hydrogen (secondary N) is 1. The molecule has 3 aromatic rings. The van der Waals surface area contributed by atoms with Gasteiger partial charge in [0.15, 0.2) is 4.77 Å². The fourth-order valence-corrected chi connectivity index (χ4v) is 3.52.